The predicted octanol–water partition coefficient (Wildman–Crippen LogP) is 5.40. The number of nitrogens with zero attached hydrogens (tertiary/aromatic N) is 4. The maximum Gasteiger partial charge on any atom is 0.192 e. The van der Waals surface area contributed by atoms with Gasteiger partial charge >= 0.3 is 0 Å². The predicted molar refractivity (Wildman–Crippen MR) is 102 cm³/mol. The first-order valence-corrected chi connectivity index (χ1v) is 9.91. The third-order valence-electron chi connectivity index (χ3n) is 4.56. The van der Waals surface area contributed by atoms with Gasteiger partial charge < -0.3 is 0 Å². The number of pyridine rings is 1. The maximum atomic E-state index is 6.42. The summed E-state index contributed by atoms with van der Waals surface area (Å²) in [6, 6.07) is 12.4. The summed E-state index contributed by atoms with van der Waals surface area (Å²) in [4.78, 5) is 4.19. The molecule has 0 bridgehead atoms. The van der Waals surface area contributed by atoms with Gasteiger partial charge in [0.25, 0.3) is 0 Å². The fourth-order valence-corrected chi connectivity index (χ4v) is 4.48. The Balaban J connectivity index is 1.68. The molecule has 4 nitrogen and oxygen atoms in total. The van der Waals surface area contributed by atoms with Crippen LogP contribution in [0.3, 0.4) is 0 Å². The fraction of sp³-hybridized carbons (Fsp3) is 0.316. The van der Waals surface area contributed by atoms with Gasteiger partial charge in [-0.1, -0.05) is 54.4 Å². The number of rotatable bonds is 5. The van der Waals surface area contributed by atoms with Crippen molar-refractivity contribution in [1.29, 1.82) is 0 Å². The molecular formula is C19H19ClN4S. The van der Waals surface area contributed by atoms with Crippen LogP contribution in [0.5, 0.6) is 0 Å². The standard InChI is InChI=1S/C19H19ClN4S/c20-17-10-4-3-9-16(17)18-22-23-19(24(18)15-7-1-2-8-15)25-13-14-6-5-11-21-12-14/h3-6,9-12,15H,1-2,7-8,13H2. The third kappa shape index (κ3) is 3.58. The Labute approximate surface area is 156 Å². The van der Waals surface area contributed by atoms with Crippen LogP contribution >= 0.6 is 23.4 Å². The van der Waals surface area contributed by atoms with Crippen molar-refractivity contribution in [2.24, 2.45) is 0 Å². The summed E-state index contributed by atoms with van der Waals surface area (Å²) < 4.78 is 2.30. The van der Waals surface area contributed by atoms with E-state index in [1.165, 1.54) is 31.2 Å². The molecule has 1 fully saturated rings. The van der Waals surface area contributed by atoms with Gasteiger partial charge in [-0.15, -0.1) is 10.2 Å². The first-order valence-electron chi connectivity index (χ1n) is 8.54. The Bertz CT molecular complexity index is 844. The molecule has 0 radical (unpaired) electrons. The largest absolute Gasteiger partial charge is 0.299 e. The van der Waals surface area contributed by atoms with Crippen LogP contribution in [0.2, 0.25) is 5.02 Å². The topological polar surface area (TPSA) is 43.6 Å². The van der Waals surface area contributed by atoms with E-state index in [2.05, 4.69) is 25.8 Å². The van der Waals surface area contributed by atoms with Gasteiger partial charge in [-0.2, -0.15) is 0 Å². The molecule has 1 aliphatic rings. The summed E-state index contributed by atoms with van der Waals surface area (Å²) in [6.45, 7) is 0. The van der Waals surface area contributed by atoms with Crippen molar-refractivity contribution >= 4 is 23.4 Å². The molecule has 0 saturated heterocycles. The van der Waals surface area contributed by atoms with E-state index in [0.29, 0.717) is 6.04 Å². The molecule has 2 heterocycles. The van der Waals surface area contributed by atoms with Gasteiger partial charge in [0.1, 0.15) is 0 Å². The van der Waals surface area contributed by atoms with Gasteiger partial charge in [0, 0.05) is 29.8 Å². The van der Waals surface area contributed by atoms with Gasteiger partial charge in [-0.3, -0.25) is 9.55 Å². The van der Waals surface area contributed by atoms with Crippen molar-refractivity contribution in [1.82, 2.24) is 19.7 Å². The van der Waals surface area contributed by atoms with Gasteiger partial charge in [0.05, 0.1) is 5.02 Å². The second kappa shape index (κ2) is 7.58. The quantitative estimate of drug-likeness (QED) is 0.564. The summed E-state index contributed by atoms with van der Waals surface area (Å²) in [6.07, 6.45) is 8.57. The second-order valence-corrected chi connectivity index (χ2v) is 7.59. The molecule has 1 saturated carbocycles. The zero-order valence-corrected chi connectivity index (χ0v) is 15.4. The Hall–Kier alpha value is -1.85. The third-order valence-corrected chi connectivity index (χ3v) is 5.90. The van der Waals surface area contributed by atoms with E-state index in [1.807, 2.05) is 36.5 Å². The van der Waals surface area contributed by atoms with Crippen LogP contribution in [0.15, 0.2) is 53.9 Å². The molecule has 1 aliphatic carbocycles. The zero-order chi connectivity index (χ0) is 17.1. The van der Waals surface area contributed by atoms with E-state index in [-0.39, 0.29) is 0 Å². The van der Waals surface area contributed by atoms with Crippen LogP contribution < -0.4 is 0 Å². The highest BCUT2D eigenvalue weighted by Gasteiger charge is 2.25. The molecule has 0 aliphatic heterocycles. The minimum atomic E-state index is 0.456. The number of thioether (sulfide) groups is 1. The van der Waals surface area contributed by atoms with E-state index < -0.39 is 0 Å². The van der Waals surface area contributed by atoms with E-state index in [9.17, 15) is 0 Å². The summed E-state index contributed by atoms with van der Waals surface area (Å²) >= 11 is 8.14. The second-order valence-electron chi connectivity index (χ2n) is 6.24. The number of aromatic nitrogens is 4. The van der Waals surface area contributed by atoms with Crippen LogP contribution in [0.4, 0.5) is 0 Å². The van der Waals surface area contributed by atoms with Crippen molar-refractivity contribution in [3.63, 3.8) is 0 Å². The molecule has 6 heteroatoms. The first kappa shape index (κ1) is 16.6. The average Bonchev–Trinajstić information content (AvgIpc) is 3.30. The molecule has 0 atom stereocenters. The Kier molecular flexibility index (Phi) is 5.04. The highest BCUT2D eigenvalue weighted by Crippen LogP contribution is 2.38. The van der Waals surface area contributed by atoms with E-state index in [0.717, 1.165) is 27.3 Å². The average molecular weight is 371 g/mol. The summed E-state index contributed by atoms with van der Waals surface area (Å²) in [5.74, 6) is 1.72. The fourth-order valence-electron chi connectivity index (χ4n) is 3.32. The van der Waals surface area contributed by atoms with E-state index in [1.54, 1.807) is 18.0 Å². The van der Waals surface area contributed by atoms with Crippen LogP contribution in [0, 0.1) is 0 Å². The minimum Gasteiger partial charge on any atom is -0.299 e. The van der Waals surface area contributed by atoms with Crippen molar-refractivity contribution < 1.29 is 0 Å². The monoisotopic (exact) mass is 370 g/mol. The number of halogens is 1. The Morgan fingerprint density at radius 2 is 1.92 bits per heavy atom. The molecule has 4 rings (SSSR count). The molecule has 1 aromatic carbocycles. The molecular weight excluding hydrogens is 352 g/mol. The van der Waals surface area contributed by atoms with Gasteiger partial charge in [-0.25, -0.2) is 0 Å². The van der Waals surface area contributed by atoms with Crippen molar-refractivity contribution in [3.05, 3.63) is 59.4 Å². The van der Waals surface area contributed by atoms with Gasteiger partial charge in [-0.05, 0) is 36.6 Å². The lowest BCUT2D eigenvalue weighted by atomic mass is 10.2. The molecule has 0 spiro atoms. The van der Waals surface area contributed by atoms with Crippen molar-refractivity contribution in [2.75, 3.05) is 0 Å². The normalized spacial score (nSPS) is 14.9. The van der Waals surface area contributed by atoms with Crippen LogP contribution in [-0.2, 0) is 5.75 Å². The smallest absolute Gasteiger partial charge is 0.192 e. The van der Waals surface area contributed by atoms with Crippen LogP contribution in [-0.4, -0.2) is 19.7 Å². The van der Waals surface area contributed by atoms with Crippen LogP contribution in [0.25, 0.3) is 11.4 Å². The van der Waals surface area contributed by atoms with Gasteiger partial charge in [0.2, 0.25) is 0 Å². The van der Waals surface area contributed by atoms with E-state index >= 15 is 0 Å². The Morgan fingerprint density at radius 1 is 1.08 bits per heavy atom. The number of hydrogen-bond acceptors (Lipinski definition) is 4. The zero-order valence-electron chi connectivity index (χ0n) is 13.8. The summed E-state index contributed by atoms with van der Waals surface area (Å²) in [7, 11) is 0. The molecule has 0 amide bonds. The summed E-state index contributed by atoms with van der Waals surface area (Å²) in [5.41, 5.74) is 2.14. The highest BCUT2D eigenvalue weighted by molar-refractivity contribution is 7.98. The molecule has 0 N–H and O–H groups in total. The molecule has 0 unspecified atom stereocenters. The van der Waals surface area contributed by atoms with Gasteiger partial charge in [0.15, 0.2) is 11.0 Å². The number of benzene rings is 1. The lowest BCUT2D eigenvalue weighted by Gasteiger charge is -2.17. The van der Waals surface area contributed by atoms with E-state index in [4.69, 9.17) is 11.6 Å². The first-order chi connectivity index (χ1) is 12.3. The Morgan fingerprint density at radius 3 is 2.68 bits per heavy atom. The maximum absolute atomic E-state index is 6.42. The molecule has 2 aromatic heterocycles. The number of hydrogen-bond donors (Lipinski definition) is 0. The van der Waals surface area contributed by atoms with Crippen molar-refractivity contribution in [2.45, 2.75) is 42.6 Å². The SMILES string of the molecule is Clc1ccccc1-c1nnc(SCc2cccnc2)n1C1CCCC1. The molecule has 25 heavy (non-hydrogen) atoms. The summed E-state index contributed by atoms with van der Waals surface area (Å²) in [5, 5.41) is 10.7. The highest BCUT2D eigenvalue weighted by atomic mass is 35.5. The molecule has 3 aromatic rings. The molecule has 128 valence electrons. The van der Waals surface area contributed by atoms with Crippen LogP contribution in [0.1, 0.15) is 37.3 Å². The lowest BCUT2D eigenvalue weighted by molar-refractivity contribution is 0.485. The van der Waals surface area contributed by atoms with Crippen molar-refractivity contribution in [3.8, 4) is 11.4 Å². The lowest BCUT2D eigenvalue weighted by Crippen LogP contribution is -2.08. The minimum absolute atomic E-state index is 0.456.